The largest absolute Gasteiger partial charge is 0.378 e. The highest BCUT2D eigenvalue weighted by Gasteiger charge is 2.20. The summed E-state index contributed by atoms with van der Waals surface area (Å²) >= 11 is 5.86. The first-order valence-electron chi connectivity index (χ1n) is 6.20. The zero-order valence-electron chi connectivity index (χ0n) is 10.8. The number of nitrogens with one attached hydrogen (secondary N) is 1. The van der Waals surface area contributed by atoms with Crippen LogP contribution in [0.2, 0.25) is 5.02 Å². The molecule has 1 heterocycles. The van der Waals surface area contributed by atoms with Gasteiger partial charge < -0.3 is 15.0 Å². The quantitative estimate of drug-likeness (QED) is 0.683. The van der Waals surface area contributed by atoms with E-state index in [1.807, 2.05) is 6.07 Å². The number of carbonyl (C=O) groups excluding carboxylic acids is 1. The Bertz CT molecular complexity index is 560. The molecule has 5 nitrogen and oxygen atoms in total. The molecule has 20 heavy (non-hydrogen) atoms. The minimum absolute atomic E-state index is 0.0619. The van der Waals surface area contributed by atoms with Crippen LogP contribution in [0.25, 0.3) is 0 Å². The van der Waals surface area contributed by atoms with Crippen LogP contribution in [-0.4, -0.2) is 37.1 Å². The van der Waals surface area contributed by atoms with Crippen molar-refractivity contribution in [1.82, 2.24) is 4.90 Å². The molecule has 1 fully saturated rings. The average Bonchev–Trinajstić information content (AvgIpc) is 2.48. The maximum atomic E-state index is 12.1. The van der Waals surface area contributed by atoms with E-state index in [9.17, 15) is 4.79 Å². The zero-order chi connectivity index (χ0) is 14.4. The van der Waals surface area contributed by atoms with Gasteiger partial charge in [0.2, 0.25) is 0 Å². The molecule has 1 N–H and O–H groups in total. The van der Waals surface area contributed by atoms with Gasteiger partial charge in [0.15, 0.2) is 0 Å². The maximum absolute atomic E-state index is 12.1. The van der Waals surface area contributed by atoms with Gasteiger partial charge in [0.1, 0.15) is 11.6 Å². The summed E-state index contributed by atoms with van der Waals surface area (Å²) in [6.07, 6.45) is 1.41. The molecule has 0 aromatic heterocycles. The van der Waals surface area contributed by atoms with Crippen LogP contribution in [0.1, 0.15) is 0 Å². The third-order valence-electron chi connectivity index (χ3n) is 2.86. The average molecular weight is 292 g/mol. The second-order valence-corrected chi connectivity index (χ2v) is 4.67. The van der Waals surface area contributed by atoms with E-state index in [0.29, 0.717) is 31.3 Å². The van der Waals surface area contributed by atoms with Crippen LogP contribution in [0.15, 0.2) is 36.0 Å². The zero-order valence-corrected chi connectivity index (χ0v) is 11.6. The van der Waals surface area contributed by atoms with Gasteiger partial charge >= 0.3 is 0 Å². The molecule has 1 aromatic carbocycles. The highest BCUT2D eigenvalue weighted by molar-refractivity contribution is 6.30. The number of halogens is 1. The highest BCUT2D eigenvalue weighted by Crippen LogP contribution is 2.15. The monoisotopic (exact) mass is 291 g/mol. The molecular formula is C14H14ClN3O2. The van der Waals surface area contributed by atoms with E-state index in [1.54, 1.807) is 29.2 Å². The summed E-state index contributed by atoms with van der Waals surface area (Å²) in [4.78, 5) is 13.7. The number of carbonyl (C=O) groups is 1. The number of morpholine rings is 1. The van der Waals surface area contributed by atoms with Crippen molar-refractivity contribution in [2.45, 2.75) is 0 Å². The molecule has 1 amide bonds. The molecule has 0 atom stereocenters. The van der Waals surface area contributed by atoms with E-state index >= 15 is 0 Å². The SMILES string of the molecule is N#C/C(=C/Nc1cccc(Cl)c1)C(=O)N1CCOCC1. The molecule has 0 radical (unpaired) electrons. The topological polar surface area (TPSA) is 65.4 Å². The fourth-order valence-corrected chi connectivity index (χ4v) is 2.00. The van der Waals surface area contributed by atoms with Crippen molar-refractivity contribution < 1.29 is 9.53 Å². The van der Waals surface area contributed by atoms with Gasteiger partial charge in [0.25, 0.3) is 5.91 Å². The number of hydrogen-bond donors (Lipinski definition) is 1. The van der Waals surface area contributed by atoms with Crippen LogP contribution in [0.5, 0.6) is 0 Å². The Morgan fingerprint density at radius 1 is 1.45 bits per heavy atom. The number of ether oxygens (including phenoxy) is 1. The molecule has 104 valence electrons. The van der Waals surface area contributed by atoms with Crippen LogP contribution in [0.4, 0.5) is 5.69 Å². The van der Waals surface area contributed by atoms with E-state index in [1.165, 1.54) is 6.20 Å². The summed E-state index contributed by atoms with van der Waals surface area (Å²) in [5.41, 5.74) is 0.784. The van der Waals surface area contributed by atoms with Crippen LogP contribution in [0, 0.1) is 11.3 Å². The van der Waals surface area contributed by atoms with E-state index < -0.39 is 0 Å². The maximum Gasteiger partial charge on any atom is 0.266 e. The Hall–Kier alpha value is -2.03. The van der Waals surface area contributed by atoms with Crippen molar-refractivity contribution in [1.29, 1.82) is 5.26 Å². The number of nitrogens with zero attached hydrogens (tertiary/aromatic N) is 2. The second-order valence-electron chi connectivity index (χ2n) is 4.23. The Morgan fingerprint density at radius 2 is 2.20 bits per heavy atom. The molecule has 1 aliphatic heterocycles. The first-order chi connectivity index (χ1) is 9.70. The molecule has 0 aliphatic carbocycles. The van der Waals surface area contributed by atoms with Gasteiger partial charge in [-0.3, -0.25) is 4.79 Å². The fraction of sp³-hybridized carbons (Fsp3) is 0.286. The van der Waals surface area contributed by atoms with Crippen LogP contribution < -0.4 is 5.32 Å². The van der Waals surface area contributed by atoms with Crippen LogP contribution in [-0.2, 0) is 9.53 Å². The molecule has 6 heteroatoms. The summed E-state index contributed by atoms with van der Waals surface area (Å²) < 4.78 is 5.18. The minimum atomic E-state index is -0.287. The smallest absolute Gasteiger partial charge is 0.266 e. The molecule has 1 aliphatic rings. The Kier molecular flexibility index (Phi) is 4.99. The number of amides is 1. The number of anilines is 1. The molecular weight excluding hydrogens is 278 g/mol. The minimum Gasteiger partial charge on any atom is -0.378 e. The van der Waals surface area contributed by atoms with Gasteiger partial charge in [-0.15, -0.1) is 0 Å². The van der Waals surface area contributed by atoms with Gasteiger partial charge in [0.05, 0.1) is 13.2 Å². The van der Waals surface area contributed by atoms with Gasteiger partial charge in [-0.25, -0.2) is 0 Å². The van der Waals surface area contributed by atoms with E-state index in [4.69, 9.17) is 21.6 Å². The number of rotatable bonds is 3. The lowest BCUT2D eigenvalue weighted by Gasteiger charge is -2.26. The molecule has 2 rings (SSSR count). The lowest BCUT2D eigenvalue weighted by atomic mass is 10.2. The van der Waals surface area contributed by atoms with Crippen molar-refractivity contribution in [3.05, 3.63) is 41.1 Å². The van der Waals surface area contributed by atoms with E-state index in [-0.39, 0.29) is 11.5 Å². The Balaban J connectivity index is 2.05. The summed E-state index contributed by atoms with van der Waals surface area (Å²) in [5.74, 6) is -0.287. The van der Waals surface area contributed by atoms with Gasteiger partial charge in [0, 0.05) is 30.0 Å². The van der Waals surface area contributed by atoms with Gasteiger partial charge in [-0.05, 0) is 18.2 Å². The van der Waals surface area contributed by atoms with Crippen molar-refractivity contribution in [3.63, 3.8) is 0 Å². The highest BCUT2D eigenvalue weighted by atomic mass is 35.5. The number of nitriles is 1. The third-order valence-corrected chi connectivity index (χ3v) is 3.09. The third kappa shape index (κ3) is 3.73. The summed E-state index contributed by atoms with van der Waals surface area (Å²) in [6.45, 7) is 2.03. The molecule has 0 saturated carbocycles. The Morgan fingerprint density at radius 3 is 2.85 bits per heavy atom. The van der Waals surface area contributed by atoms with Crippen molar-refractivity contribution in [2.24, 2.45) is 0 Å². The number of hydrogen-bond acceptors (Lipinski definition) is 4. The van der Waals surface area contributed by atoms with E-state index in [2.05, 4.69) is 5.32 Å². The summed E-state index contributed by atoms with van der Waals surface area (Å²) in [5, 5.41) is 12.6. The Labute approximate surface area is 122 Å². The first-order valence-corrected chi connectivity index (χ1v) is 6.58. The lowest BCUT2D eigenvalue weighted by Crippen LogP contribution is -2.41. The van der Waals surface area contributed by atoms with Gasteiger partial charge in [-0.2, -0.15) is 5.26 Å². The molecule has 0 bridgehead atoms. The van der Waals surface area contributed by atoms with E-state index in [0.717, 1.165) is 5.69 Å². The predicted octanol–water partition coefficient (Wildman–Crippen LogP) is 2.02. The normalized spacial score (nSPS) is 15.6. The van der Waals surface area contributed by atoms with Crippen LogP contribution in [0.3, 0.4) is 0 Å². The van der Waals surface area contributed by atoms with Crippen LogP contribution >= 0.6 is 11.6 Å². The molecule has 1 aromatic rings. The van der Waals surface area contributed by atoms with Crippen molar-refractivity contribution >= 4 is 23.2 Å². The summed E-state index contributed by atoms with van der Waals surface area (Å²) in [6, 6.07) is 8.97. The molecule has 0 spiro atoms. The second kappa shape index (κ2) is 6.94. The number of benzene rings is 1. The van der Waals surface area contributed by atoms with Crippen molar-refractivity contribution in [3.8, 4) is 6.07 Å². The summed E-state index contributed by atoms with van der Waals surface area (Å²) in [7, 11) is 0. The van der Waals surface area contributed by atoms with Gasteiger partial charge in [-0.1, -0.05) is 17.7 Å². The first kappa shape index (κ1) is 14.4. The predicted molar refractivity (Wildman–Crippen MR) is 76.2 cm³/mol. The molecule has 1 saturated heterocycles. The fourth-order valence-electron chi connectivity index (χ4n) is 1.81. The van der Waals surface area contributed by atoms with Crippen molar-refractivity contribution in [2.75, 3.05) is 31.6 Å². The lowest BCUT2D eigenvalue weighted by molar-refractivity contribution is -0.130. The molecule has 0 unspecified atom stereocenters. The standard InChI is InChI=1S/C14H14ClN3O2/c15-12-2-1-3-13(8-12)17-10-11(9-16)14(19)18-4-6-20-7-5-18/h1-3,8,10,17H,4-7H2/b11-10-.